The van der Waals surface area contributed by atoms with Crippen LogP contribution in [0.25, 0.3) is 12.3 Å². The summed E-state index contributed by atoms with van der Waals surface area (Å²) < 4.78 is 2.05. The molecule has 0 fully saturated rings. The van der Waals surface area contributed by atoms with Gasteiger partial charge in [0.25, 0.3) is 5.91 Å². The number of allylic oxidation sites excluding steroid dienone is 2. The molecule has 0 aliphatic heterocycles. The number of nitrogens with one attached hydrogen (secondary N) is 1. The van der Waals surface area contributed by atoms with E-state index in [9.17, 15) is 4.79 Å². The second-order valence-electron chi connectivity index (χ2n) is 7.62. The number of carbonyl (C=O) groups excluding carboxylic acids is 1. The Morgan fingerprint density at radius 3 is 2.66 bits per heavy atom. The quantitative estimate of drug-likeness (QED) is 0.156. The highest BCUT2D eigenvalue weighted by Gasteiger charge is 2.17. The van der Waals surface area contributed by atoms with Crippen LogP contribution in [0.4, 0.5) is 0 Å². The zero-order valence-corrected chi connectivity index (χ0v) is 18.5. The molecule has 2 N–H and O–H groups in total. The number of rotatable bonds is 14. The van der Waals surface area contributed by atoms with Gasteiger partial charge in [0.15, 0.2) is 0 Å². The molecule has 1 aromatic rings. The number of amides is 1. The molecule has 6 heteroatoms. The number of aromatic nitrogens is 2. The van der Waals surface area contributed by atoms with Crippen LogP contribution < -0.4 is 5.48 Å². The Morgan fingerprint density at radius 1 is 1.31 bits per heavy atom. The van der Waals surface area contributed by atoms with E-state index in [4.69, 9.17) is 10.2 Å². The molecule has 1 amide bonds. The van der Waals surface area contributed by atoms with Gasteiger partial charge in [-0.2, -0.15) is 0 Å². The van der Waals surface area contributed by atoms with Gasteiger partial charge in [0.1, 0.15) is 5.82 Å². The van der Waals surface area contributed by atoms with Gasteiger partial charge in [0.05, 0.1) is 11.4 Å². The van der Waals surface area contributed by atoms with Crippen LogP contribution in [-0.2, 0) is 17.8 Å². The van der Waals surface area contributed by atoms with Crippen molar-refractivity contribution in [2.45, 2.75) is 66.3 Å². The van der Waals surface area contributed by atoms with Gasteiger partial charge < -0.3 is 4.57 Å². The summed E-state index contributed by atoms with van der Waals surface area (Å²) in [5.41, 5.74) is 3.89. The van der Waals surface area contributed by atoms with Crippen LogP contribution >= 0.6 is 0 Å². The highest BCUT2D eigenvalue weighted by atomic mass is 16.5. The standard InChI is InChI=1S/C23H38N4O2/c1-6-9-10-13-20-21(18-26(7-2)17-16-19(4)5)27(8-3)22(24-20)14-11-12-15-23(28)25-29/h8,11-12,14-15,19,29H,3,6-7,9-10,13,16-18H2,1-2,4-5H3,(H,25,28). The average molecular weight is 403 g/mol. The van der Waals surface area contributed by atoms with E-state index in [0.29, 0.717) is 5.92 Å². The first-order chi connectivity index (χ1) is 14.0. The maximum absolute atomic E-state index is 11.1. The Balaban J connectivity index is 3.12. The van der Waals surface area contributed by atoms with Crippen molar-refractivity contribution in [3.8, 4) is 0 Å². The van der Waals surface area contributed by atoms with E-state index in [1.54, 1.807) is 17.6 Å². The molecule has 0 aliphatic carbocycles. The summed E-state index contributed by atoms with van der Waals surface area (Å²) in [4.78, 5) is 18.4. The first kappa shape index (κ1) is 24.9. The third kappa shape index (κ3) is 8.79. The van der Waals surface area contributed by atoms with Crippen LogP contribution in [0.3, 0.4) is 0 Å². The maximum Gasteiger partial charge on any atom is 0.267 e. The van der Waals surface area contributed by atoms with Crippen LogP contribution in [0.15, 0.2) is 24.8 Å². The lowest BCUT2D eigenvalue weighted by Gasteiger charge is -2.22. The van der Waals surface area contributed by atoms with Crippen molar-refractivity contribution in [3.05, 3.63) is 42.0 Å². The van der Waals surface area contributed by atoms with Crippen molar-refractivity contribution in [3.63, 3.8) is 0 Å². The second-order valence-corrected chi connectivity index (χ2v) is 7.62. The summed E-state index contributed by atoms with van der Waals surface area (Å²) in [5.74, 6) is 0.917. The summed E-state index contributed by atoms with van der Waals surface area (Å²) in [7, 11) is 0. The molecule has 0 unspecified atom stereocenters. The SMILES string of the molecule is C=Cn1c(C=CC=CC(=O)NO)nc(CCCCC)c1CN(CC)CCC(C)C. The molecule has 0 atom stereocenters. The van der Waals surface area contributed by atoms with E-state index >= 15 is 0 Å². The van der Waals surface area contributed by atoms with Gasteiger partial charge in [-0.05, 0) is 44.3 Å². The molecule has 0 radical (unpaired) electrons. The topological polar surface area (TPSA) is 70.4 Å². The number of nitrogens with zero attached hydrogens (tertiary/aromatic N) is 3. The summed E-state index contributed by atoms with van der Waals surface area (Å²) >= 11 is 0. The van der Waals surface area contributed by atoms with Gasteiger partial charge >= 0.3 is 0 Å². The number of carbonyl (C=O) groups is 1. The molecule has 162 valence electrons. The van der Waals surface area contributed by atoms with Crippen LogP contribution in [0.5, 0.6) is 0 Å². The lowest BCUT2D eigenvalue weighted by molar-refractivity contribution is -0.124. The van der Waals surface area contributed by atoms with Gasteiger partial charge in [0, 0.05) is 18.8 Å². The predicted molar refractivity (Wildman–Crippen MR) is 120 cm³/mol. The fourth-order valence-corrected chi connectivity index (χ4v) is 3.09. The van der Waals surface area contributed by atoms with Crippen molar-refractivity contribution in [2.24, 2.45) is 5.92 Å². The number of aryl methyl sites for hydroxylation is 1. The molecule has 0 aromatic carbocycles. The van der Waals surface area contributed by atoms with Crippen molar-refractivity contribution in [1.82, 2.24) is 19.9 Å². The molecule has 1 aromatic heterocycles. The predicted octanol–water partition coefficient (Wildman–Crippen LogP) is 4.66. The highest BCUT2D eigenvalue weighted by molar-refractivity contribution is 5.86. The van der Waals surface area contributed by atoms with Crippen LogP contribution in [0.1, 0.15) is 70.6 Å². The largest absolute Gasteiger partial charge is 0.303 e. The Labute approximate surface area is 176 Å². The first-order valence-corrected chi connectivity index (χ1v) is 10.7. The average Bonchev–Trinajstić information content (AvgIpc) is 3.04. The van der Waals surface area contributed by atoms with E-state index in [0.717, 1.165) is 44.0 Å². The van der Waals surface area contributed by atoms with E-state index in [2.05, 4.69) is 43.7 Å². The number of hydroxylamine groups is 1. The molecule has 0 saturated carbocycles. The normalized spacial score (nSPS) is 12.0. The first-order valence-electron chi connectivity index (χ1n) is 10.7. The van der Waals surface area contributed by atoms with Gasteiger partial charge in [-0.3, -0.25) is 14.9 Å². The number of hydrogen-bond acceptors (Lipinski definition) is 4. The molecule has 0 aliphatic rings. The van der Waals surface area contributed by atoms with Crippen molar-refractivity contribution in [2.75, 3.05) is 13.1 Å². The molecule has 6 nitrogen and oxygen atoms in total. The Bertz CT molecular complexity index is 689. The third-order valence-electron chi connectivity index (χ3n) is 4.88. The second kappa shape index (κ2) is 13.9. The maximum atomic E-state index is 11.1. The van der Waals surface area contributed by atoms with Crippen molar-refractivity contribution >= 4 is 18.2 Å². The lowest BCUT2D eigenvalue weighted by atomic mass is 10.1. The molecule has 0 bridgehead atoms. The zero-order chi connectivity index (χ0) is 21.6. The van der Waals surface area contributed by atoms with Crippen molar-refractivity contribution in [1.29, 1.82) is 0 Å². The lowest BCUT2D eigenvalue weighted by Crippen LogP contribution is -2.26. The minimum absolute atomic E-state index is 0.564. The summed E-state index contributed by atoms with van der Waals surface area (Å²) in [6.07, 6.45) is 13.9. The van der Waals surface area contributed by atoms with Gasteiger partial charge in [-0.25, -0.2) is 10.5 Å². The number of unbranched alkanes of at least 4 members (excludes halogenated alkanes) is 2. The number of hydrogen-bond donors (Lipinski definition) is 2. The third-order valence-corrected chi connectivity index (χ3v) is 4.88. The Morgan fingerprint density at radius 2 is 2.07 bits per heavy atom. The number of imidazole rings is 1. The van der Waals surface area contributed by atoms with E-state index in [1.165, 1.54) is 31.0 Å². The molecule has 0 saturated heterocycles. The summed E-state index contributed by atoms with van der Waals surface area (Å²) in [6.45, 7) is 15.8. The van der Waals surface area contributed by atoms with Crippen LogP contribution in [0.2, 0.25) is 0 Å². The smallest absolute Gasteiger partial charge is 0.267 e. The van der Waals surface area contributed by atoms with E-state index < -0.39 is 5.91 Å². The molecule has 1 rings (SSSR count). The fourth-order valence-electron chi connectivity index (χ4n) is 3.09. The zero-order valence-electron chi connectivity index (χ0n) is 18.5. The summed E-state index contributed by atoms with van der Waals surface area (Å²) in [6, 6.07) is 0. The van der Waals surface area contributed by atoms with Crippen molar-refractivity contribution < 1.29 is 10.0 Å². The summed E-state index contributed by atoms with van der Waals surface area (Å²) in [5, 5.41) is 8.55. The highest BCUT2D eigenvalue weighted by Crippen LogP contribution is 2.20. The van der Waals surface area contributed by atoms with Gasteiger partial charge in [-0.15, -0.1) is 0 Å². The van der Waals surface area contributed by atoms with Gasteiger partial charge in [-0.1, -0.05) is 59.3 Å². The molecule has 1 heterocycles. The van der Waals surface area contributed by atoms with E-state index in [1.807, 2.05) is 12.3 Å². The molecular formula is C23H38N4O2. The van der Waals surface area contributed by atoms with Crippen LogP contribution in [-0.4, -0.2) is 38.7 Å². The Kier molecular flexibility index (Phi) is 11.9. The minimum Gasteiger partial charge on any atom is -0.303 e. The molecule has 29 heavy (non-hydrogen) atoms. The van der Waals surface area contributed by atoms with Gasteiger partial charge in [0.2, 0.25) is 0 Å². The minimum atomic E-state index is -0.564. The monoisotopic (exact) mass is 402 g/mol. The molecular weight excluding hydrogens is 364 g/mol. The molecule has 0 spiro atoms. The van der Waals surface area contributed by atoms with Crippen LogP contribution in [0, 0.1) is 5.92 Å². The fraction of sp³-hybridized carbons (Fsp3) is 0.565. The Hall–Kier alpha value is -2.18. The van der Waals surface area contributed by atoms with E-state index in [-0.39, 0.29) is 0 Å².